The minimum atomic E-state index is 0.488. The summed E-state index contributed by atoms with van der Waals surface area (Å²) in [4.78, 5) is 11.7. The Bertz CT molecular complexity index is 888. The van der Waals surface area contributed by atoms with Crippen molar-refractivity contribution in [3.05, 3.63) is 36.2 Å². The van der Waals surface area contributed by atoms with Crippen molar-refractivity contribution in [2.24, 2.45) is 0 Å². The normalized spacial score (nSPS) is 18.1. The Labute approximate surface area is 153 Å². The van der Waals surface area contributed by atoms with Crippen LogP contribution >= 0.6 is 0 Å². The molecular weight excluding hydrogens is 326 g/mol. The molecule has 0 amide bonds. The molecule has 1 atom stereocenters. The number of nitrogens with one attached hydrogen (secondary N) is 3. The Morgan fingerprint density at radius 3 is 3.12 bits per heavy atom. The molecule has 136 valence electrons. The van der Waals surface area contributed by atoms with E-state index in [1.54, 1.807) is 0 Å². The SMILES string of the molecule is CCC1CN(c2ncc(C)c(Nc3ccc4[nH]ncc4c3)n2)CCCN1. The van der Waals surface area contributed by atoms with Gasteiger partial charge in [-0.1, -0.05) is 6.92 Å². The molecular formula is C19H25N7. The van der Waals surface area contributed by atoms with Crippen LogP contribution in [0.2, 0.25) is 0 Å². The Hall–Kier alpha value is -2.67. The summed E-state index contributed by atoms with van der Waals surface area (Å²) in [5.41, 5.74) is 3.05. The zero-order valence-electron chi connectivity index (χ0n) is 15.3. The third-order valence-electron chi connectivity index (χ3n) is 4.92. The van der Waals surface area contributed by atoms with E-state index in [-0.39, 0.29) is 0 Å². The highest BCUT2D eigenvalue weighted by molar-refractivity contribution is 5.82. The van der Waals surface area contributed by atoms with E-state index >= 15 is 0 Å². The van der Waals surface area contributed by atoms with Crippen molar-refractivity contribution in [2.75, 3.05) is 29.9 Å². The third kappa shape index (κ3) is 3.48. The van der Waals surface area contributed by atoms with Crippen molar-refractivity contribution < 1.29 is 0 Å². The summed E-state index contributed by atoms with van der Waals surface area (Å²) in [5, 5.41) is 15.2. The second-order valence-electron chi connectivity index (χ2n) is 6.86. The van der Waals surface area contributed by atoms with Crippen LogP contribution in [0.5, 0.6) is 0 Å². The van der Waals surface area contributed by atoms with E-state index in [9.17, 15) is 0 Å². The molecule has 3 aromatic rings. The summed E-state index contributed by atoms with van der Waals surface area (Å²) in [6, 6.07) is 6.62. The molecule has 0 spiro atoms. The van der Waals surface area contributed by atoms with E-state index < -0.39 is 0 Å². The van der Waals surface area contributed by atoms with E-state index in [2.05, 4.69) is 43.7 Å². The molecule has 7 nitrogen and oxygen atoms in total. The van der Waals surface area contributed by atoms with E-state index in [4.69, 9.17) is 4.98 Å². The van der Waals surface area contributed by atoms with Crippen LogP contribution in [0.4, 0.5) is 17.5 Å². The number of hydrogen-bond acceptors (Lipinski definition) is 6. The second kappa shape index (κ2) is 7.29. The minimum absolute atomic E-state index is 0.488. The fourth-order valence-electron chi connectivity index (χ4n) is 3.32. The maximum atomic E-state index is 4.82. The number of aryl methyl sites for hydroxylation is 1. The molecule has 0 aliphatic carbocycles. The molecule has 0 radical (unpaired) electrons. The highest BCUT2D eigenvalue weighted by atomic mass is 15.3. The molecule has 0 saturated carbocycles. The molecule has 1 fully saturated rings. The fraction of sp³-hybridized carbons (Fsp3) is 0.421. The number of anilines is 3. The maximum absolute atomic E-state index is 4.82. The zero-order valence-corrected chi connectivity index (χ0v) is 15.3. The standard InChI is InChI=1S/C19H25N7/c1-3-15-12-26(8-4-7-20-15)19-21-10-13(2)18(24-19)23-16-5-6-17-14(9-16)11-22-25-17/h5-6,9-11,15,20H,3-4,7-8,12H2,1-2H3,(H,22,25)(H,21,23,24). The fourth-order valence-corrected chi connectivity index (χ4v) is 3.32. The van der Waals surface area contributed by atoms with Crippen molar-refractivity contribution >= 4 is 28.4 Å². The van der Waals surface area contributed by atoms with Gasteiger partial charge in [0.1, 0.15) is 5.82 Å². The Balaban J connectivity index is 1.59. The van der Waals surface area contributed by atoms with Crippen LogP contribution in [-0.4, -0.2) is 45.8 Å². The van der Waals surface area contributed by atoms with E-state index in [1.807, 2.05) is 31.5 Å². The molecule has 2 aromatic heterocycles. The van der Waals surface area contributed by atoms with Crippen LogP contribution in [0.1, 0.15) is 25.3 Å². The number of fused-ring (bicyclic) bond motifs is 1. The van der Waals surface area contributed by atoms with Gasteiger partial charge in [0.15, 0.2) is 0 Å². The van der Waals surface area contributed by atoms with Crippen molar-refractivity contribution in [1.82, 2.24) is 25.5 Å². The summed E-state index contributed by atoms with van der Waals surface area (Å²) in [6.45, 7) is 7.22. The molecule has 1 aliphatic rings. The van der Waals surface area contributed by atoms with Crippen LogP contribution in [0, 0.1) is 6.92 Å². The van der Waals surface area contributed by atoms with Gasteiger partial charge in [-0.2, -0.15) is 10.1 Å². The molecule has 26 heavy (non-hydrogen) atoms. The number of aromatic amines is 1. The van der Waals surface area contributed by atoms with Gasteiger partial charge in [-0.15, -0.1) is 0 Å². The van der Waals surface area contributed by atoms with Crippen LogP contribution in [0.25, 0.3) is 10.9 Å². The first-order valence-electron chi connectivity index (χ1n) is 9.25. The van der Waals surface area contributed by atoms with E-state index in [0.29, 0.717) is 6.04 Å². The van der Waals surface area contributed by atoms with Gasteiger partial charge in [0.2, 0.25) is 5.95 Å². The lowest BCUT2D eigenvalue weighted by atomic mass is 10.2. The molecule has 7 heteroatoms. The third-order valence-corrected chi connectivity index (χ3v) is 4.92. The van der Waals surface area contributed by atoms with Crippen molar-refractivity contribution in [3.8, 4) is 0 Å². The highest BCUT2D eigenvalue weighted by Crippen LogP contribution is 2.23. The Kier molecular flexibility index (Phi) is 4.71. The number of benzene rings is 1. The molecule has 3 N–H and O–H groups in total. The second-order valence-corrected chi connectivity index (χ2v) is 6.86. The van der Waals surface area contributed by atoms with Gasteiger partial charge in [-0.3, -0.25) is 5.10 Å². The summed E-state index contributed by atoms with van der Waals surface area (Å²) < 4.78 is 0. The van der Waals surface area contributed by atoms with Gasteiger partial charge in [-0.05, 0) is 44.5 Å². The average Bonchev–Trinajstić information content (AvgIpc) is 2.98. The predicted molar refractivity (Wildman–Crippen MR) is 105 cm³/mol. The van der Waals surface area contributed by atoms with E-state index in [1.165, 1.54) is 0 Å². The van der Waals surface area contributed by atoms with Crippen LogP contribution in [0.3, 0.4) is 0 Å². The van der Waals surface area contributed by atoms with Gasteiger partial charge in [0.25, 0.3) is 0 Å². The van der Waals surface area contributed by atoms with Gasteiger partial charge in [-0.25, -0.2) is 4.98 Å². The number of H-pyrrole nitrogens is 1. The van der Waals surface area contributed by atoms with Crippen LogP contribution in [0.15, 0.2) is 30.6 Å². The summed E-state index contributed by atoms with van der Waals surface area (Å²) in [5.74, 6) is 1.65. The van der Waals surface area contributed by atoms with Crippen molar-refractivity contribution in [2.45, 2.75) is 32.7 Å². The Morgan fingerprint density at radius 1 is 1.31 bits per heavy atom. The molecule has 4 rings (SSSR count). The molecule has 3 heterocycles. The van der Waals surface area contributed by atoms with Crippen molar-refractivity contribution in [3.63, 3.8) is 0 Å². The first-order valence-corrected chi connectivity index (χ1v) is 9.25. The lowest BCUT2D eigenvalue weighted by Gasteiger charge is -2.24. The summed E-state index contributed by atoms with van der Waals surface area (Å²) >= 11 is 0. The lowest BCUT2D eigenvalue weighted by molar-refractivity contribution is 0.527. The minimum Gasteiger partial charge on any atom is -0.340 e. The van der Waals surface area contributed by atoms with E-state index in [0.717, 1.165) is 66.4 Å². The molecule has 1 aliphatic heterocycles. The van der Waals surface area contributed by atoms with Gasteiger partial charge < -0.3 is 15.5 Å². The van der Waals surface area contributed by atoms with Crippen LogP contribution in [-0.2, 0) is 0 Å². The smallest absolute Gasteiger partial charge is 0.227 e. The number of hydrogen-bond donors (Lipinski definition) is 3. The number of rotatable bonds is 4. The summed E-state index contributed by atoms with van der Waals surface area (Å²) in [6.07, 6.45) is 5.94. The summed E-state index contributed by atoms with van der Waals surface area (Å²) in [7, 11) is 0. The van der Waals surface area contributed by atoms with Gasteiger partial charge >= 0.3 is 0 Å². The van der Waals surface area contributed by atoms with Crippen molar-refractivity contribution in [1.29, 1.82) is 0 Å². The molecule has 1 aromatic carbocycles. The first-order chi connectivity index (χ1) is 12.7. The topological polar surface area (TPSA) is 81.8 Å². The largest absolute Gasteiger partial charge is 0.340 e. The maximum Gasteiger partial charge on any atom is 0.227 e. The molecule has 1 saturated heterocycles. The monoisotopic (exact) mass is 351 g/mol. The highest BCUT2D eigenvalue weighted by Gasteiger charge is 2.19. The Morgan fingerprint density at radius 2 is 2.23 bits per heavy atom. The first kappa shape index (κ1) is 16.8. The predicted octanol–water partition coefficient (Wildman–Crippen LogP) is 2.98. The number of nitrogens with zero attached hydrogens (tertiary/aromatic N) is 4. The average molecular weight is 351 g/mol. The molecule has 1 unspecified atom stereocenters. The lowest BCUT2D eigenvalue weighted by Crippen LogP contribution is -2.37. The quantitative estimate of drug-likeness (QED) is 0.670. The van der Waals surface area contributed by atoms with Crippen LogP contribution < -0.4 is 15.5 Å². The molecule has 0 bridgehead atoms. The number of aromatic nitrogens is 4. The van der Waals surface area contributed by atoms with Gasteiger partial charge in [0, 0.05) is 42.0 Å². The van der Waals surface area contributed by atoms with Gasteiger partial charge in [0.05, 0.1) is 11.7 Å². The zero-order chi connectivity index (χ0) is 17.9.